The lowest BCUT2D eigenvalue weighted by Crippen LogP contribution is -2.47. The van der Waals surface area contributed by atoms with Crippen LogP contribution in [-0.4, -0.2) is 37.8 Å². The lowest BCUT2D eigenvalue weighted by molar-refractivity contribution is -0.120. The fourth-order valence-corrected chi connectivity index (χ4v) is 4.18. The number of nitrogens with one attached hydrogen (secondary N) is 2. The molecule has 22 heavy (non-hydrogen) atoms. The van der Waals surface area contributed by atoms with E-state index in [4.69, 9.17) is 0 Å². The van der Waals surface area contributed by atoms with Gasteiger partial charge in [-0.25, -0.2) is 13.8 Å². The summed E-state index contributed by atoms with van der Waals surface area (Å²) in [4.78, 5) is 11.3. The fraction of sp³-hybridized carbons (Fsp3) is 0.533. The van der Waals surface area contributed by atoms with Gasteiger partial charge in [0.1, 0.15) is 0 Å². The molecule has 1 aliphatic rings. The lowest BCUT2D eigenvalue weighted by Gasteiger charge is -2.18. The van der Waals surface area contributed by atoms with E-state index in [-0.39, 0.29) is 17.9 Å². The molecule has 0 saturated carbocycles. The maximum atomic E-state index is 12.7. The van der Waals surface area contributed by atoms with Gasteiger partial charge in [-0.1, -0.05) is 31.0 Å². The number of aryl methyl sites for hydroxylation is 1. The zero-order valence-corrected chi connectivity index (χ0v) is 14.0. The molecular formula is C15H23N3O3S. The Hall–Kier alpha value is -1.44. The van der Waals surface area contributed by atoms with Gasteiger partial charge in [-0.3, -0.25) is 10.2 Å². The molecule has 1 aromatic rings. The molecule has 0 radical (unpaired) electrons. The van der Waals surface area contributed by atoms with Gasteiger partial charge in [-0.15, -0.1) is 0 Å². The molecule has 6 nitrogen and oxygen atoms in total. The van der Waals surface area contributed by atoms with E-state index in [0.29, 0.717) is 18.0 Å². The van der Waals surface area contributed by atoms with Crippen molar-refractivity contribution in [2.24, 2.45) is 5.92 Å². The molecule has 1 heterocycles. The third-order valence-corrected chi connectivity index (χ3v) is 5.87. The summed E-state index contributed by atoms with van der Waals surface area (Å²) in [5.41, 5.74) is 6.52. The average molecular weight is 325 g/mol. The topological polar surface area (TPSA) is 78.5 Å². The standard InChI is InChI=1S/C15H23N3O3S/c1-4-13-9-18(10-15(13)17-16-12(3)19)22(20,21)14-7-5-11(2)6-8-14/h5-8,13,15,17H,4,9-10H2,1-3H3,(H,16,19)/t13-,15+/m1/s1. The highest BCUT2D eigenvalue weighted by Gasteiger charge is 2.38. The van der Waals surface area contributed by atoms with Gasteiger partial charge in [0, 0.05) is 26.1 Å². The summed E-state index contributed by atoms with van der Waals surface area (Å²) >= 11 is 0. The van der Waals surface area contributed by atoms with Gasteiger partial charge in [-0.05, 0) is 25.0 Å². The van der Waals surface area contributed by atoms with Crippen LogP contribution in [0, 0.1) is 12.8 Å². The van der Waals surface area contributed by atoms with E-state index >= 15 is 0 Å². The van der Waals surface area contributed by atoms with Crippen LogP contribution in [-0.2, 0) is 14.8 Å². The number of hydrazine groups is 1. The van der Waals surface area contributed by atoms with Gasteiger partial charge in [0.15, 0.2) is 0 Å². The van der Waals surface area contributed by atoms with Crippen molar-refractivity contribution in [2.45, 2.75) is 38.1 Å². The highest BCUT2D eigenvalue weighted by Crippen LogP contribution is 2.26. The third kappa shape index (κ3) is 3.66. The van der Waals surface area contributed by atoms with E-state index < -0.39 is 10.0 Å². The van der Waals surface area contributed by atoms with Crippen LogP contribution in [0.25, 0.3) is 0 Å². The monoisotopic (exact) mass is 325 g/mol. The highest BCUT2D eigenvalue weighted by atomic mass is 32.2. The number of rotatable bonds is 5. The minimum atomic E-state index is -3.49. The molecule has 7 heteroatoms. The van der Waals surface area contributed by atoms with Gasteiger partial charge in [0.25, 0.3) is 0 Å². The molecular weight excluding hydrogens is 302 g/mol. The summed E-state index contributed by atoms with van der Waals surface area (Å²) in [5.74, 6) is -0.0123. The lowest BCUT2D eigenvalue weighted by atomic mass is 10.0. The highest BCUT2D eigenvalue weighted by molar-refractivity contribution is 7.89. The average Bonchev–Trinajstić information content (AvgIpc) is 2.89. The number of nitrogens with zero attached hydrogens (tertiary/aromatic N) is 1. The molecule has 2 atom stereocenters. The Morgan fingerprint density at radius 1 is 1.27 bits per heavy atom. The zero-order chi connectivity index (χ0) is 16.3. The third-order valence-electron chi connectivity index (χ3n) is 4.02. The van der Waals surface area contributed by atoms with Crippen LogP contribution in [0.3, 0.4) is 0 Å². The summed E-state index contributed by atoms with van der Waals surface area (Å²) in [7, 11) is -3.49. The van der Waals surface area contributed by atoms with Crippen molar-refractivity contribution in [3.63, 3.8) is 0 Å². The van der Waals surface area contributed by atoms with Crippen molar-refractivity contribution in [3.8, 4) is 0 Å². The Labute approximate surface area is 131 Å². The summed E-state index contributed by atoms with van der Waals surface area (Å²) in [6.07, 6.45) is 0.844. The van der Waals surface area contributed by atoms with E-state index in [1.54, 1.807) is 24.3 Å². The van der Waals surface area contributed by atoms with E-state index in [9.17, 15) is 13.2 Å². The minimum absolute atomic E-state index is 0.0749. The largest absolute Gasteiger partial charge is 0.292 e. The quantitative estimate of drug-likeness (QED) is 0.793. The first-order valence-corrected chi connectivity index (χ1v) is 8.87. The first kappa shape index (κ1) is 16.9. The number of hydrogen-bond donors (Lipinski definition) is 2. The van der Waals surface area contributed by atoms with E-state index in [1.165, 1.54) is 11.2 Å². The predicted octanol–water partition coefficient (Wildman–Crippen LogP) is 1.03. The summed E-state index contributed by atoms with van der Waals surface area (Å²) in [6.45, 7) is 6.19. The van der Waals surface area contributed by atoms with Crippen molar-refractivity contribution in [3.05, 3.63) is 29.8 Å². The van der Waals surface area contributed by atoms with Crippen LogP contribution in [0.4, 0.5) is 0 Å². The maximum Gasteiger partial charge on any atom is 0.243 e. The Balaban J connectivity index is 2.15. The predicted molar refractivity (Wildman–Crippen MR) is 84.5 cm³/mol. The van der Waals surface area contributed by atoms with Crippen LogP contribution in [0.2, 0.25) is 0 Å². The molecule has 2 N–H and O–H groups in total. The number of benzene rings is 1. The minimum Gasteiger partial charge on any atom is -0.292 e. The number of amides is 1. The van der Waals surface area contributed by atoms with E-state index in [0.717, 1.165) is 12.0 Å². The van der Waals surface area contributed by atoms with Gasteiger partial charge in [-0.2, -0.15) is 4.31 Å². The van der Waals surface area contributed by atoms with Gasteiger partial charge in [0.2, 0.25) is 15.9 Å². The van der Waals surface area contributed by atoms with Crippen molar-refractivity contribution in [1.82, 2.24) is 15.2 Å². The Bertz CT molecular complexity index is 628. The summed E-state index contributed by atoms with van der Waals surface area (Å²) in [6, 6.07) is 6.80. The Morgan fingerprint density at radius 3 is 2.45 bits per heavy atom. The molecule has 0 bridgehead atoms. The first-order valence-electron chi connectivity index (χ1n) is 7.43. The van der Waals surface area contributed by atoms with Gasteiger partial charge in [0.05, 0.1) is 4.90 Å². The fourth-order valence-electron chi connectivity index (χ4n) is 2.66. The number of sulfonamides is 1. The molecule has 0 aromatic heterocycles. The van der Waals surface area contributed by atoms with Crippen LogP contribution in [0.1, 0.15) is 25.8 Å². The normalized spacial score (nSPS) is 22.7. The number of carbonyl (C=O) groups is 1. The van der Waals surface area contributed by atoms with Crippen molar-refractivity contribution in [1.29, 1.82) is 0 Å². The zero-order valence-electron chi connectivity index (χ0n) is 13.2. The molecule has 0 aliphatic carbocycles. The van der Waals surface area contributed by atoms with Crippen molar-refractivity contribution >= 4 is 15.9 Å². The molecule has 1 fully saturated rings. The second kappa shape index (κ2) is 6.76. The molecule has 1 amide bonds. The molecule has 0 spiro atoms. The van der Waals surface area contributed by atoms with Crippen LogP contribution >= 0.6 is 0 Å². The molecule has 1 aromatic carbocycles. The molecule has 0 unspecified atom stereocenters. The first-order chi connectivity index (χ1) is 10.3. The Morgan fingerprint density at radius 2 is 1.91 bits per heavy atom. The van der Waals surface area contributed by atoms with E-state index in [1.807, 2.05) is 13.8 Å². The number of hydrogen-bond acceptors (Lipinski definition) is 4. The van der Waals surface area contributed by atoms with Gasteiger partial charge < -0.3 is 0 Å². The van der Waals surface area contributed by atoms with Crippen molar-refractivity contribution in [2.75, 3.05) is 13.1 Å². The second-order valence-electron chi connectivity index (χ2n) is 5.74. The van der Waals surface area contributed by atoms with E-state index in [2.05, 4.69) is 10.9 Å². The molecule has 1 aliphatic heterocycles. The summed E-state index contributed by atoms with van der Waals surface area (Å²) < 4.78 is 26.9. The maximum absolute atomic E-state index is 12.7. The Kier molecular flexibility index (Phi) is 5.20. The van der Waals surface area contributed by atoms with Gasteiger partial charge >= 0.3 is 0 Å². The number of carbonyl (C=O) groups excluding carboxylic acids is 1. The SMILES string of the molecule is CC[C@@H]1CN(S(=O)(=O)c2ccc(C)cc2)C[C@@H]1NNC(C)=O. The molecule has 2 rings (SSSR count). The summed E-state index contributed by atoms with van der Waals surface area (Å²) in [5, 5.41) is 0. The second-order valence-corrected chi connectivity index (χ2v) is 7.67. The van der Waals surface area contributed by atoms with Crippen LogP contribution in [0.15, 0.2) is 29.2 Å². The van der Waals surface area contributed by atoms with Crippen molar-refractivity contribution < 1.29 is 13.2 Å². The molecule has 122 valence electrons. The smallest absolute Gasteiger partial charge is 0.243 e. The van der Waals surface area contributed by atoms with Crippen LogP contribution < -0.4 is 10.9 Å². The molecule has 1 saturated heterocycles. The van der Waals surface area contributed by atoms with Crippen LogP contribution in [0.5, 0.6) is 0 Å².